The summed E-state index contributed by atoms with van der Waals surface area (Å²) in [5.41, 5.74) is 8.96. The Morgan fingerprint density at radius 1 is 1.31 bits per heavy atom. The zero-order valence-electron chi connectivity index (χ0n) is 15.4. The van der Waals surface area contributed by atoms with Gasteiger partial charge in [0.2, 0.25) is 0 Å². The van der Waals surface area contributed by atoms with E-state index >= 15 is 0 Å². The maximum absolute atomic E-state index is 12.5. The number of anilines is 1. The number of nitrogens with two attached hydrogens (primary N) is 1. The lowest BCUT2D eigenvalue weighted by Crippen LogP contribution is -2.47. The number of aromatic amines is 1. The van der Waals surface area contributed by atoms with Crippen LogP contribution in [-0.4, -0.2) is 29.4 Å². The number of aliphatic imine (C=N–C) groups is 1. The highest BCUT2D eigenvalue weighted by Gasteiger charge is 2.31. The lowest BCUT2D eigenvalue weighted by Gasteiger charge is -2.39. The van der Waals surface area contributed by atoms with Gasteiger partial charge in [-0.15, -0.1) is 0 Å². The van der Waals surface area contributed by atoms with Crippen molar-refractivity contribution in [1.29, 1.82) is 0 Å². The van der Waals surface area contributed by atoms with Crippen LogP contribution in [0.2, 0.25) is 0 Å². The van der Waals surface area contributed by atoms with E-state index in [1.165, 1.54) is 0 Å². The van der Waals surface area contributed by atoms with Crippen LogP contribution in [0.5, 0.6) is 0 Å². The zero-order valence-corrected chi connectivity index (χ0v) is 15.4. The molecule has 0 aliphatic carbocycles. The van der Waals surface area contributed by atoms with Crippen LogP contribution in [0.25, 0.3) is 0 Å². The Balaban J connectivity index is 1.98. The van der Waals surface area contributed by atoms with Crippen molar-refractivity contribution in [2.45, 2.75) is 38.6 Å². The average Bonchev–Trinajstić information content (AvgIpc) is 2.62. The summed E-state index contributed by atoms with van der Waals surface area (Å²) in [4.78, 5) is 19.7. The number of amidine groups is 1. The maximum atomic E-state index is 12.5. The molecule has 2 aromatic rings. The van der Waals surface area contributed by atoms with E-state index in [2.05, 4.69) is 27.5 Å². The third-order valence-electron chi connectivity index (χ3n) is 5.11. The number of H-pyrrole nitrogens is 1. The standard InChI is InChI=1S/C20H27N5O/c1-3-20(8-11-22-12-9-20)25-16-7-10-23-19(26)17(16)18(21)24-15-6-4-5-14(2)13-15/h4-7,10,13,22H,3,8-9,11-12H2,1-2H3,(H2,21,24)(H2,23,25,26). The zero-order chi connectivity index (χ0) is 18.6. The highest BCUT2D eigenvalue weighted by atomic mass is 16.1. The van der Waals surface area contributed by atoms with Gasteiger partial charge in [0.25, 0.3) is 5.56 Å². The fourth-order valence-electron chi connectivity index (χ4n) is 3.49. The lowest BCUT2D eigenvalue weighted by molar-refractivity contribution is 0.329. The number of hydrogen-bond acceptors (Lipinski definition) is 4. The van der Waals surface area contributed by atoms with Gasteiger partial charge in [0.1, 0.15) is 11.4 Å². The maximum Gasteiger partial charge on any atom is 0.261 e. The summed E-state index contributed by atoms with van der Waals surface area (Å²) in [5, 5.41) is 7.00. The summed E-state index contributed by atoms with van der Waals surface area (Å²) in [6.45, 7) is 6.10. The smallest absolute Gasteiger partial charge is 0.261 e. The van der Waals surface area contributed by atoms with Crippen LogP contribution in [0.15, 0.2) is 46.3 Å². The second kappa shape index (κ2) is 7.74. The van der Waals surface area contributed by atoms with Crippen molar-refractivity contribution >= 4 is 17.2 Å². The van der Waals surface area contributed by atoms with E-state index < -0.39 is 0 Å². The van der Waals surface area contributed by atoms with Gasteiger partial charge in [-0.3, -0.25) is 4.79 Å². The van der Waals surface area contributed by atoms with Gasteiger partial charge < -0.3 is 21.4 Å². The fourth-order valence-corrected chi connectivity index (χ4v) is 3.49. The first kappa shape index (κ1) is 18.2. The van der Waals surface area contributed by atoms with Crippen LogP contribution in [0.1, 0.15) is 37.3 Å². The van der Waals surface area contributed by atoms with Crippen molar-refractivity contribution < 1.29 is 0 Å². The molecule has 1 aliphatic rings. The van der Waals surface area contributed by atoms with Crippen molar-refractivity contribution in [3.63, 3.8) is 0 Å². The number of nitrogens with one attached hydrogen (secondary N) is 3. The second-order valence-electron chi connectivity index (χ2n) is 6.94. The predicted molar refractivity (Wildman–Crippen MR) is 107 cm³/mol. The largest absolute Gasteiger partial charge is 0.383 e. The molecular weight excluding hydrogens is 326 g/mol. The Labute approximate surface area is 153 Å². The molecule has 0 bridgehead atoms. The summed E-state index contributed by atoms with van der Waals surface area (Å²) < 4.78 is 0. The molecule has 26 heavy (non-hydrogen) atoms. The van der Waals surface area contributed by atoms with Crippen molar-refractivity contribution in [2.75, 3.05) is 18.4 Å². The van der Waals surface area contributed by atoms with Gasteiger partial charge in [0, 0.05) is 11.7 Å². The van der Waals surface area contributed by atoms with Crippen LogP contribution in [-0.2, 0) is 0 Å². The summed E-state index contributed by atoms with van der Waals surface area (Å²) in [6, 6.07) is 9.62. The van der Waals surface area contributed by atoms with E-state index in [0.29, 0.717) is 5.56 Å². The van der Waals surface area contributed by atoms with E-state index in [0.717, 1.165) is 49.3 Å². The molecular formula is C20H27N5O. The third kappa shape index (κ3) is 3.96. The Bertz CT molecular complexity index is 849. The van der Waals surface area contributed by atoms with Gasteiger partial charge in [-0.2, -0.15) is 0 Å². The van der Waals surface area contributed by atoms with Crippen LogP contribution in [0, 0.1) is 6.92 Å². The molecule has 1 aromatic heterocycles. The van der Waals surface area contributed by atoms with Gasteiger partial charge in [0.15, 0.2) is 0 Å². The number of nitrogens with zero attached hydrogens (tertiary/aromatic N) is 1. The monoisotopic (exact) mass is 353 g/mol. The molecule has 1 aromatic carbocycles. The predicted octanol–water partition coefficient (Wildman–Crippen LogP) is 2.66. The number of benzene rings is 1. The Hall–Kier alpha value is -2.60. The molecule has 0 saturated carbocycles. The van der Waals surface area contributed by atoms with Gasteiger partial charge in [-0.1, -0.05) is 19.1 Å². The molecule has 0 unspecified atom stereocenters. The fraction of sp³-hybridized carbons (Fsp3) is 0.400. The minimum Gasteiger partial charge on any atom is -0.383 e. The highest BCUT2D eigenvalue weighted by Crippen LogP contribution is 2.28. The minimum atomic E-state index is -0.232. The first-order valence-corrected chi connectivity index (χ1v) is 9.15. The highest BCUT2D eigenvalue weighted by molar-refractivity contribution is 6.03. The van der Waals surface area contributed by atoms with Gasteiger partial charge in [-0.25, -0.2) is 4.99 Å². The quantitative estimate of drug-likeness (QED) is 0.491. The number of aromatic nitrogens is 1. The molecule has 2 heterocycles. The first-order chi connectivity index (χ1) is 12.5. The van der Waals surface area contributed by atoms with E-state index in [-0.39, 0.29) is 16.9 Å². The van der Waals surface area contributed by atoms with E-state index in [9.17, 15) is 4.79 Å². The SMILES string of the molecule is CCC1(Nc2cc[nH]c(=O)c2C(N)=Nc2cccc(C)c2)CCNCC1. The Kier molecular flexibility index (Phi) is 5.42. The molecule has 0 atom stereocenters. The third-order valence-corrected chi connectivity index (χ3v) is 5.11. The molecule has 138 valence electrons. The van der Waals surface area contributed by atoms with Crippen molar-refractivity contribution in [3.8, 4) is 0 Å². The summed E-state index contributed by atoms with van der Waals surface area (Å²) in [6.07, 6.45) is 4.64. The van der Waals surface area contributed by atoms with Crippen LogP contribution in [0.3, 0.4) is 0 Å². The molecule has 6 heteroatoms. The lowest BCUT2D eigenvalue weighted by atomic mass is 9.85. The second-order valence-corrected chi connectivity index (χ2v) is 6.94. The minimum absolute atomic E-state index is 0.0303. The Morgan fingerprint density at radius 2 is 2.08 bits per heavy atom. The molecule has 0 spiro atoms. The number of aryl methyl sites for hydroxylation is 1. The molecule has 3 rings (SSSR count). The molecule has 1 fully saturated rings. The average molecular weight is 353 g/mol. The van der Waals surface area contributed by atoms with E-state index in [1.807, 2.05) is 37.3 Å². The van der Waals surface area contributed by atoms with Crippen LogP contribution >= 0.6 is 0 Å². The number of pyridine rings is 1. The summed E-state index contributed by atoms with van der Waals surface area (Å²) in [5.74, 6) is 0.222. The van der Waals surface area contributed by atoms with E-state index in [4.69, 9.17) is 5.73 Å². The molecule has 0 amide bonds. The van der Waals surface area contributed by atoms with Crippen LogP contribution < -0.4 is 21.9 Å². The molecule has 1 saturated heterocycles. The van der Waals surface area contributed by atoms with Gasteiger partial charge in [0.05, 0.1) is 11.4 Å². The van der Waals surface area contributed by atoms with E-state index in [1.54, 1.807) is 6.20 Å². The van der Waals surface area contributed by atoms with Crippen molar-refractivity contribution in [2.24, 2.45) is 10.7 Å². The molecule has 6 nitrogen and oxygen atoms in total. The molecule has 0 radical (unpaired) electrons. The number of piperidine rings is 1. The first-order valence-electron chi connectivity index (χ1n) is 9.15. The van der Waals surface area contributed by atoms with Crippen molar-refractivity contribution in [3.05, 3.63) is 58.0 Å². The Morgan fingerprint density at radius 3 is 2.77 bits per heavy atom. The molecule has 5 N–H and O–H groups in total. The summed E-state index contributed by atoms with van der Waals surface area (Å²) >= 11 is 0. The summed E-state index contributed by atoms with van der Waals surface area (Å²) in [7, 11) is 0. The van der Waals surface area contributed by atoms with Gasteiger partial charge >= 0.3 is 0 Å². The number of rotatable bonds is 5. The normalized spacial score (nSPS) is 17.1. The molecule has 1 aliphatic heterocycles. The number of hydrogen-bond donors (Lipinski definition) is 4. The van der Waals surface area contributed by atoms with Crippen LogP contribution in [0.4, 0.5) is 11.4 Å². The van der Waals surface area contributed by atoms with Gasteiger partial charge in [-0.05, 0) is 63.0 Å². The topological polar surface area (TPSA) is 95.3 Å². The van der Waals surface area contributed by atoms with Crippen molar-refractivity contribution in [1.82, 2.24) is 10.3 Å².